The lowest BCUT2D eigenvalue weighted by Crippen LogP contribution is -2.35. The largest absolute Gasteiger partial charge is 0.387 e. The molecular formula is C24H31N9O10P2S2. The number of ether oxygens (including phenoxy) is 2. The third-order valence-corrected chi connectivity index (χ3v) is 10.5. The average Bonchev–Trinajstić information content (AvgIpc) is 3.76. The fourth-order valence-electron chi connectivity index (χ4n) is 6.06. The van der Waals surface area contributed by atoms with E-state index in [-0.39, 0.29) is 29.9 Å². The number of thiol groups is 1. The minimum atomic E-state index is -4.25. The number of anilines is 2. The van der Waals surface area contributed by atoms with Crippen molar-refractivity contribution in [1.82, 2.24) is 34.1 Å². The van der Waals surface area contributed by atoms with Crippen LogP contribution in [0.25, 0.3) is 22.2 Å². The van der Waals surface area contributed by atoms with Crippen LogP contribution in [0.2, 0.25) is 0 Å². The van der Waals surface area contributed by atoms with Gasteiger partial charge in [-0.15, -0.1) is 0 Å². The minimum Gasteiger partial charge on any atom is -0.387 e. The summed E-state index contributed by atoms with van der Waals surface area (Å²) in [5.41, 5.74) is 6.91. The van der Waals surface area contributed by atoms with E-state index < -0.39 is 56.3 Å². The Morgan fingerprint density at radius 2 is 1.98 bits per heavy atom. The molecule has 19 nitrogen and oxygen atoms in total. The van der Waals surface area contributed by atoms with Crippen LogP contribution in [0.4, 0.5) is 11.8 Å². The number of nitrogens with zero attached hydrogens (tertiary/aromatic N) is 6. The summed E-state index contributed by atoms with van der Waals surface area (Å²) >= 11 is 8.80. The van der Waals surface area contributed by atoms with E-state index in [1.165, 1.54) is 17.2 Å². The molecule has 254 valence electrons. The van der Waals surface area contributed by atoms with Crippen LogP contribution in [0.3, 0.4) is 0 Å². The zero-order valence-electron chi connectivity index (χ0n) is 24.4. The summed E-state index contributed by atoms with van der Waals surface area (Å²) < 4.78 is 43.4. The maximum Gasteiger partial charge on any atom is 0.383 e. The number of aliphatic hydroxyl groups is 1. The SMILES string of the molecule is Nc1nc2c(ncn2[C@@H]2O[C@H](COP(=O)(O)S)[C@@H](O)[C@H]2OP(O)(=S)OC[C@@H]2CC[C@H](n3cc4c5c(ncnc53)NCCC4)O2)c(=O)[nH]1. The molecular weight excluding hydrogens is 700 g/mol. The van der Waals surface area contributed by atoms with E-state index in [0.717, 1.165) is 41.8 Å². The molecule has 3 aliphatic heterocycles. The molecule has 7 N–H and O–H groups in total. The number of imidazole rings is 1. The highest BCUT2D eigenvalue weighted by atomic mass is 32.7. The Hall–Kier alpha value is -2.52. The zero-order valence-corrected chi connectivity index (χ0v) is 27.9. The van der Waals surface area contributed by atoms with Crippen molar-refractivity contribution < 1.29 is 42.5 Å². The highest BCUT2D eigenvalue weighted by Gasteiger charge is 2.49. The van der Waals surface area contributed by atoms with Crippen molar-refractivity contribution in [3.8, 4) is 0 Å². The number of aryl methyl sites for hydroxylation is 1. The van der Waals surface area contributed by atoms with Crippen molar-refractivity contribution in [2.24, 2.45) is 0 Å². The summed E-state index contributed by atoms with van der Waals surface area (Å²) in [6.45, 7) is -8.21. The van der Waals surface area contributed by atoms with Gasteiger partial charge in [-0.3, -0.25) is 23.4 Å². The number of nitrogens with one attached hydrogen (secondary N) is 2. The standard InChI is InChI=1S/C24H31N9O10P2S2/c25-24-30-21-16(22(35)31-24)29-10-33(21)23-18(17(34)13(42-23)8-39-44(36,37)46)43-45(38,47)40-7-12-3-4-14(41-12)32-6-11-2-1-5-26-19-15(11)20(32)28-9-27-19/h6,9-10,12-14,17-18,23,34H,1-5,7-8H2,(H,38,47)(H,26,27,28)(H2,36,37,46)(H3,25,30,31,35)/t12-,13+,14+,17+,18+,23+,45?/m0/s1. The highest BCUT2D eigenvalue weighted by molar-refractivity contribution is 8.44. The van der Waals surface area contributed by atoms with Gasteiger partial charge in [0.15, 0.2) is 17.4 Å². The molecule has 4 aromatic rings. The molecule has 0 spiro atoms. The van der Waals surface area contributed by atoms with Crippen molar-refractivity contribution in [1.29, 1.82) is 0 Å². The molecule has 2 unspecified atom stereocenters. The number of nitrogen functional groups attached to an aromatic ring is 1. The lowest BCUT2D eigenvalue weighted by atomic mass is 10.1. The molecule has 8 atom stereocenters. The monoisotopic (exact) mass is 731 g/mol. The van der Waals surface area contributed by atoms with Gasteiger partial charge in [0.2, 0.25) is 5.95 Å². The number of H-pyrrole nitrogens is 1. The molecule has 47 heavy (non-hydrogen) atoms. The Morgan fingerprint density at radius 3 is 2.79 bits per heavy atom. The Bertz CT molecular complexity index is 1970. The van der Waals surface area contributed by atoms with Gasteiger partial charge in [-0.2, -0.15) is 4.98 Å². The van der Waals surface area contributed by atoms with Gasteiger partial charge in [-0.05, 0) is 43.1 Å². The second-order valence-electron chi connectivity index (χ2n) is 11.3. The third kappa shape index (κ3) is 6.72. The molecule has 7 rings (SSSR count). The van der Waals surface area contributed by atoms with Gasteiger partial charge in [0.05, 0.1) is 31.0 Å². The van der Waals surface area contributed by atoms with Gasteiger partial charge in [-0.1, -0.05) is 12.2 Å². The first-order chi connectivity index (χ1) is 22.4. The first-order valence-corrected chi connectivity index (χ1v) is 19.8. The van der Waals surface area contributed by atoms with Crippen molar-refractivity contribution in [2.75, 3.05) is 30.8 Å². The Balaban J connectivity index is 1.06. The predicted octanol–water partition coefficient (Wildman–Crippen LogP) is 1.11. The van der Waals surface area contributed by atoms with Crippen LogP contribution in [0, 0.1) is 0 Å². The third-order valence-electron chi connectivity index (χ3n) is 8.12. The van der Waals surface area contributed by atoms with Gasteiger partial charge < -0.3 is 44.5 Å². The average molecular weight is 732 g/mol. The molecule has 0 radical (unpaired) electrons. The van der Waals surface area contributed by atoms with Crippen LogP contribution in [-0.4, -0.2) is 93.1 Å². The normalized spacial score (nSPS) is 28.7. The molecule has 3 aliphatic rings. The lowest BCUT2D eigenvalue weighted by molar-refractivity contribution is -0.0484. The van der Waals surface area contributed by atoms with Gasteiger partial charge in [0, 0.05) is 12.7 Å². The predicted molar refractivity (Wildman–Crippen MR) is 172 cm³/mol. The summed E-state index contributed by atoms with van der Waals surface area (Å²) in [5.74, 6) is 0.590. The molecule has 7 heterocycles. The molecule has 0 amide bonds. The van der Waals surface area contributed by atoms with Gasteiger partial charge in [0.25, 0.3) is 5.56 Å². The van der Waals surface area contributed by atoms with E-state index in [2.05, 4.69) is 42.5 Å². The Morgan fingerprint density at radius 1 is 1.15 bits per heavy atom. The summed E-state index contributed by atoms with van der Waals surface area (Å²) in [6, 6.07) is 0. The zero-order chi connectivity index (χ0) is 33.1. The molecule has 0 saturated carbocycles. The van der Waals surface area contributed by atoms with Crippen molar-refractivity contribution >= 4 is 71.5 Å². The van der Waals surface area contributed by atoms with E-state index in [1.54, 1.807) is 0 Å². The fourth-order valence-corrected chi connectivity index (χ4v) is 8.03. The topological polar surface area (TPSA) is 256 Å². The molecule has 23 heteroatoms. The van der Waals surface area contributed by atoms with Crippen molar-refractivity contribution in [3.63, 3.8) is 0 Å². The Kier molecular flexibility index (Phi) is 8.94. The van der Waals surface area contributed by atoms with E-state index in [9.17, 15) is 24.3 Å². The summed E-state index contributed by atoms with van der Waals surface area (Å²) in [5, 5.41) is 15.5. The number of aliphatic hydroxyl groups excluding tert-OH is 1. The summed E-state index contributed by atoms with van der Waals surface area (Å²) in [6.07, 6.45) is 1.53. The van der Waals surface area contributed by atoms with E-state index in [4.69, 9.17) is 40.6 Å². The second kappa shape index (κ2) is 12.7. The highest BCUT2D eigenvalue weighted by Crippen LogP contribution is 2.52. The molecule has 2 saturated heterocycles. The van der Waals surface area contributed by atoms with Crippen LogP contribution in [0.1, 0.15) is 37.3 Å². The van der Waals surface area contributed by atoms with Crippen LogP contribution in [-0.2, 0) is 45.8 Å². The Labute approximate surface area is 275 Å². The fraction of sp³-hybridized carbons (Fsp3) is 0.542. The number of fused-ring (bicyclic) bond motifs is 1. The maximum absolute atomic E-state index is 12.4. The quantitative estimate of drug-likeness (QED) is 0.0890. The number of hydrogen-bond donors (Lipinski definition) is 7. The maximum atomic E-state index is 12.4. The van der Waals surface area contributed by atoms with Crippen molar-refractivity contribution in [3.05, 3.63) is 34.8 Å². The number of nitrogens with two attached hydrogens (primary N) is 1. The number of hydrogen-bond acceptors (Lipinski definition) is 15. The number of aromatic nitrogens is 7. The molecule has 4 aromatic heterocycles. The minimum absolute atomic E-state index is 0.0157. The first-order valence-electron chi connectivity index (χ1n) is 14.5. The van der Waals surface area contributed by atoms with Crippen LogP contribution < -0.4 is 16.6 Å². The van der Waals surface area contributed by atoms with Gasteiger partial charge >= 0.3 is 13.5 Å². The molecule has 2 fully saturated rings. The van der Waals surface area contributed by atoms with E-state index in [1.807, 2.05) is 10.8 Å². The summed E-state index contributed by atoms with van der Waals surface area (Å²) in [4.78, 5) is 52.4. The molecule has 0 aliphatic carbocycles. The van der Waals surface area contributed by atoms with Crippen molar-refractivity contribution in [2.45, 2.75) is 62.6 Å². The number of rotatable bonds is 10. The molecule has 0 bridgehead atoms. The summed E-state index contributed by atoms with van der Waals surface area (Å²) in [7, 11) is 0. The first kappa shape index (κ1) is 33.0. The second-order valence-corrected chi connectivity index (χ2v) is 16.8. The number of aromatic amines is 1. The van der Waals surface area contributed by atoms with Gasteiger partial charge in [0.1, 0.15) is 42.3 Å². The van der Waals surface area contributed by atoms with Crippen LogP contribution >= 0.6 is 25.8 Å². The van der Waals surface area contributed by atoms with Crippen LogP contribution in [0.5, 0.6) is 0 Å². The smallest absolute Gasteiger partial charge is 0.383 e. The van der Waals surface area contributed by atoms with Crippen LogP contribution in [0.15, 0.2) is 23.6 Å². The van der Waals surface area contributed by atoms with E-state index >= 15 is 0 Å². The molecule has 0 aromatic carbocycles. The van der Waals surface area contributed by atoms with E-state index in [0.29, 0.717) is 12.8 Å². The lowest BCUT2D eigenvalue weighted by Gasteiger charge is -2.26. The van der Waals surface area contributed by atoms with Gasteiger partial charge in [-0.25, -0.2) is 19.5 Å².